The number of anilines is 2. The van der Waals surface area contributed by atoms with Gasteiger partial charge in [-0.2, -0.15) is 0 Å². The van der Waals surface area contributed by atoms with Gasteiger partial charge in [-0.15, -0.1) is 0 Å². The molecule has 1 aliphatic heterocycles. The lowest BCUT2D eigenvalue weighted by Crippen LogP contribution is -2.55. The number of aryl methyl sites for hydroxylation is 1. The minimum absolute atomic E-state index is 0.00716. The molecule has 0 spiro atoms. The first-order valence-electron chi connectivity index (χ1n) is 14.6. The van der Waals surface area contributed by atoms with Gasteiger partial charge in [0.1, 0.15) is 13.2 Å². The van der Waals surface area contributed by atoms with Crippen LogP contribution >= 0.6 is 0 Å². The number of amides is 2. The first-order valence-corrected chi connectivity index (χ1v) is 14.6. The molecule has 0 unspecified atom stereocenters. The van der Waals surface area contributed by atoms with E-state index in [2.05, 4.69) is 4.85 Å². The summed E-state index contributed by atoms with van der Waals surface area (Å²) in [6.45, 7) is 9.79. The van der Waals surface area contributed by atoms with Crippen molar-refractivity contribution in [2.75, 3.05) is 37.4 Å². The third-order valence-electron chi connectivity index (χ3n) is 6.90. The fourth-order valence-corrected chi connectivity index (χ4v) is 4.57. The number of benzene rings is 3. The van der Waals surface area contributed by atoms with Crippen molar-refractivity contribution >= 4 is 46.8 Å². The summed E-state index contributed by atoms with van der Waals surface area (Å²) < 4.78 is 15.3. The number of nitrogens with two attached hydrogens (primary N) is 1. The van der Waals surface area contributed by atoms with Gasteiger partial charge >= 0.3 is 17.9 Å². The molecule has 2 atom stereocenters. The van der Waals surface area contributed by atoms with E-state index in [0.717, 1.165) is 30.2 Å². The molecule has 1 heterocycles. The van der Waals surface area contributed by atoms with E-state index in [1.807, 2.05) is 43.3 Å². The van der Waals surface area contributed by atoms with Crippen molar-refractivity contribution in [2.24, 2.45) is 0 Å². The summed E-state index contributed by atoms with van der Waals surface area (Å²) in [6, 6.07) is 20.6. The Kier molecular flexibility index (Phi) is 13.0. The number of aliphatic carboxylic acids is 1. The fraction of sp³-hybridized carbons (Fsp3) is 0.294. The molecule has 13 heteroatoms. The maximum atomic E-state index is 13.0. The van der Waals surface area contributed by atoms with Gasteiger partial charge in [0, 0.05) is 37.5 Å². The average Bonchev–Trinajstić information content (AvgIpc) is 3.06. The van der Waals surface area contributed by atoms with Gasteiger partial charge in [-0.05, 0) is 47.9 Å². The number of esters is 2. The number of carboxylic acid groups (broad SMARTS) is 1. The zero-order valence-corrected chi connectivity index (χ0v) is 26.3. The van der Waals surface area contributed by atoms with Crippen molar-refractivity contribution in [3.8, 4) is 0 Å². The lowest BCUT2D eigenvalue weighted by Gasteiger charge is -2.34. The monoisotopic (exact) mass is 644 g/mol. The minimum atomic E-state index is -1.81. The Morgan fingerprint density at radius 2 is 1.83 bits per heavy atom. The van der Waals surface area contributed by atoms with Gasteiger partial charge in [0.25, 0.3) is 11.8 Å². The molecule has 2 amide bonds. The predicted octanol–water partition coefficient (Wildman–Crippen LogP) is 3.63. The van der Waals surface area contributed by atoms with Gasteiger partial charge in [0.15, 0.2) is 11.8 Å². The van der Waals surface area contributed by atoms with E-state index >= 15 is 0 Å². The van der Waals surface area contributed by atoms with Crippen LogP contribution in [-0.4, -0.2) is 78.7 Å². The zero-order chi connectivity index (χ0) is 34.5. The van der Waals surface area contributed by atoms with Crippen LogP contribution in [0.5, 0.6) is 0 Å². The van der Waals surface area contributed by atoms with E-state index in [0.29, 0.717) is 11.4 Å². The van der Waals surface area contributed by atoms with Crippen LogP contribution in [0.1, 0.15) is 35.3 Å². The Morgan fingerprint density at radius 3 is 2.47 bits per heavy atom. The van der Waals surface area contributed by atoms with Gasteiger partial charge in [0.2, 0.25) is 6.10 Å². The van der Waals surface area contributed by atoms with Crippen LogP contribution in [0.2, 0.25) is 0 Å². The highest BCUT2D eigenvalue weighted by atomic mass is 16.6. The topological polar surface area (TPSA) is 170 Å². The third kappa shape index (κ3) is 10.1. The summed E-state index contributed by atoms with van der Waals surface area (Å²) in [4.78, 5) is 66.7. The maximum absolute atomic E-state index is 13.0. The van der Waals surface area contributed by atoms with Crippen molar-refractivity contribution in [3.05, 3.63) is 101 Å². The number of rotatable bonds is 10. The number of carboxylic acids is 1. The fourth-order valence-electron chi connectivity index (χ4n) is 4.57. The average molecular weight is 645 g/mol. The summed E-state index contributed by atoms with van der Waals surface area (Å²) in [6.07, 6.45) is -2.49. The van der Waals surface area contributed by atoms with Gasteiger partial charge in [-0.3, -0.25) is 19.2 Å². The number of likely N-dealkylation sites (N-methyl/N-ethyl adjacent to an activating group) is 1. The number of nitrogen functional groups attached to an aromatic ring is 1. The van der Waals surface area contributed by atoms with Crippen molar-refractivity contribution in [1.82, 2.24) is 4.90 Å². The summed E-state index contributed by atoms with van der Waals surface area (Å²) >= 11 is 0. The van der Waals surface area contributed by atoms with E-state index in [-0.39, 0.29) is 31.9 Å². The largest absolute Gasteiger partial charge is 0.478 e. The highest BCUT2D eigenvalue weighted by Gasteiger charge is 2.42. The summed E-state index contributed by atoms with van der Waals surface area (Å²) in [5.41, 5.74) is 9.37. The molecule has 3 aromatic rings. The molecule has 47 heavy (non-hydrogen) atoms. The van der Waals surface area contributed by atoms with Crippen LogP contribution in [0.3, 0.4) is 0 Å². The molecule has 1 aliphatic rings. The van der Waals surface area contributed by atoms with Crippen LogP contribution in [0.4, 0.5) is 17.1 Å². The predicted molar refractivity (Wildman–Crippen MR) is 171 cm³/mol. The van der Waals surface area contributed by atoms with E-state index in [1.54, 1.807) is 24.3 Å². The number of morpholine rings is 1. The standard InChI is InChI=1S/C25H26N2O9.C9H10N2/c1-16(28)36-22(25(32)33)21-24(31)27(11-12-34-21)19-10-6-9-18(13-19)23(30)26(2)14-20(29)35-15-17-7-4-3-5-8-17;1-3-7-6-8(10)4-5-9(7)11-2/h3-10,13,21-22H,11-12,14-15H2,1-2H3,(H,32,33);4-6H,3,10H2,1H3/t21-,22-;/m1./s1. The van der Waals surface area contributed by atoms with Crippen LogP contribution < -0.4 is 10.6 Å². The number of ether oxygens (including phenoxy) is 3. The Hall–Kier alpha value is -5.74. The molecular formula is C34H36N4O9. The Bertz CT molecular complexity index is 1640. The number of nitrogens with zero attached hydrogens (tertiary/aromatic N) is 3. The van der Waals surface area contributed by atoms with Crippen LogP contribution in [0.25, 0.3) is 4.85 Å². The van der Waals surface area contributed by atoms with E-state index in [4.69, 9.17) is 26.5 Å². The second-order valence-corrected chi connectivity index (χ2v) is 10.4. The lowest BCUT2D eigenvalue weighted by atomic mass is 10.1. The summed E-state index contributed by atoms with van der Waals surface area (Å²) in [5, 5.41) is 9.39. The van der Waals surface area contributed by atoms with Crippen LogP contribution in [-0.2, 0) is 46.4 Å². The Labute approximate surface area is 272 Å². The van der Waals surface area contributed by atoms with E-state index < -0.39 is 41.9 Å². The highest BCUT2D eigenvalue weighted by Crippen LogP contribution is 2.24. The van der Waals surface area contributed by atoms with Crippen molar-refractivity contribution in [2.45, 2.75) is 39.1 Å². The summed E-state index contributed by atoms with van der Waals surface area (Å²) in [5.74, 6) is -4.17. The van der Waals surface area contributed by atoms with E-state index in [1.165, 1.54) is 29.0 Å². The molecule has 0 radical (unpaired) electrons. The first kappa shape index (κ1) is 35.7. The number of hydrogen-bond acceptors (Lipinski definition) is 9. The zero-order valence-electron chi connectivity index (χ0n) is 26.3. The number of carbonyl (C=O) groups is 5. The van der Waals surface area contributed by atoms with Crippen molar-refractivity contribution in [3.63, 3.8) is 0 Å². The molecule has 13 nitrogen and oxygen atoms in total. The first-order chi connectivity index (χ1) is 22.4. The van der Waals surface area contributed by atoms with Crippen LogP contribution in [0, 0.1) is 6.57 Å². The molecule has 3 N–H and O–H groups in total. The second-order valence-electron chi connectivity index (χ2n) is 10.4. The highest BCUT2D eigenvalue weighted by molar-refractivity contribution is 6.02. The van der Waals surface area contributed by atoms with Crippen molar-refractivity contribution in [1.29, 1.82) is 0 Å². The smallest absolute Gasteiger partial charge is 0.348 e. The molecule has 0 saturated carbocycles. The normalized spacial score (nSPS) is 14.5. The molecule has 1 fully saturated rings. The van der Waals surface area contributed by atoms with Crippen molar-refractivity contribution < 1.29 is 43.3 Å². The van der Waals surface area contributed by atoms with Gasteiger partial charge in [-0.25, -0.2) is 9.64 Å². The minimum Gasteiger partial charge on any atom is -0.478 e. The molecular weight excluding hydrogens is 608 g/mol. The van der Waals surface area contributed by atoms with Crippen LogP contribution in [0.15, 0.2) is 72.8 Å². The van der Waals surface area contributed by atoms with Gasteiger partial charge < -0.3 is 34.9 Å². The molecule has 246 valence electrons. The quantitative estimate of drug-likeness (QED) is 0.189. The van der Waals surface area contributed by atoms with E-state index in [9.17, 15) is 29.1 Å². The molecule has 0 aromatic heterocycles. The van der Waals surface area contributed by atoms with Gasteiger partial charge in [-0.1, -0.05) is 49.4 Å². The van der Waals surface area contributed by atoms with Gasteiger partial charge in [0.05, 0.1) is 13.2 Å². The number of carbonyl (C=O) groups excluding carboxylic acids is 4. The second kappa shape index (κ2) is 17.1. The molecule has 3 aromatic carbocycles. The number of hydrogen-bond donors (Lipinski definition) is 2. The summed E-state index contributed by atoms with van der Waals surface area (Å²) in [7, 11) is 1.45. The SMILES string of the molecule is CC(=O)O[C@@H](C(=O)O)[C@H]1OCCN(c2cccc(C(=O)N(C)CC(=O)OCc3ccccc3)c2)C1=O.[C-]#[N+]c1ccc(N)cc1CC. The maximum Gasteiger partial charge on any atom is 0.348 e. The molecule has 0 aliphatic carbocycles. The third-order valence-corrected chi connectivity index (χ3v) is 6.90. The Balaban J connectivity index is 0.000000461. The molecule has 4 rings (SSSR count). The molecule has 0 bridgehead atoms. The Morgan fingerprint density at radius 1 is 1.11 bits per heavy atom. The lowest BCUT2D eigenvalue weighted by molar-refractivity contribution is -0.177. The molecule has 1 saturated heterocycles.